The largest absolute Gasteiger partial charge is 0.507 e. The summed E-state index contributed by atoms with van der Waals surface area (Å²) < 4.78 is 56.4. The molecule has 4 aromatic rings. The van der Waals surface area contributed by atoms with Crippen molar-refractivity contribution in [3.8, 4) is 11.5 Å². The van der Waals surface area contributed by atoms with Gasteiger partial charge in [0.2, 0.25) is 10.0 Å². The molecule has 0 aliphatic heterocycles. The van der Waals surface area contributed by atoms with Crippen LogP contribution in [0.25, 0.3) is 10.8 Å². The van der Waals surface area contributed by atoms with E-state index in [0.29, 0.717) is 11.4 Å². The molecule has 13 heteroatoms. The Morgan fingerprint density at radius 2 is 1.46 bits per heavy atom. The minimum Gasteiger partial charge on any atom is -0.507 e. The number of phenols is 2. The summed E-state index contributed by atoms with van der Waals surface area (Å²) in [6, 6.07) is 17.2. The lowest BCUT2D eigenvalue weighted by Gasteiger charge is -2.13. The van der Waals surface area contributed by atoms with Crippen molar-refractivity contribution < 1.29 is 31.6 Å². The van der Waals surface area contributed by atoms with Crippen LogP contribution in [0.4, 0.5) is 22.7 Å². The number of nitrogens with one attached hydrogen (secondary N) is 1. The smallest absolute Gasteiger partial charge is 0.294 e. The molecule has 0 saturated heterocycles. The van der Waals surface area contributed by atoms with E-state index < -0.39 is 30.8 Å². The van der Waals surface area contributed by atoms with Crippen LogP contribution in [0.1, 0.15) is 0 Å². The van der Waals surface area contributed by atoms with Crippen LogP contribution in [0.3, 0.4) is 0 Å². The van der Waals surface area contributed by atoms with Gasteiger partial charge in [0.25, 0.3) is 10.1 Å². The van der Waals surface area contributed by atoms with Crippen LogP contribution in [0, 0.1) is 0 Å². The van der Waals surface area contributed by atoms with Crippen molar-refractivity contribution in [1.82, 2.24) is 0 Å². The highest BCUT2D eigenvalue weighted by Crippen LogP contribution is 2.42. The fourth-order valence-corrected chi connectivity index (χ4v) is 4.33. The molecular weight excluding hydrogens is 496 g/mol. The predicted molar refractivity (Wildman–Crippen MR) is 129 cm³/mol. The number of sulfonamides is 1. The highest BCUT2D eigenvalue weighted by atomic mass is 32.2. The molecule has 4 aromatic carbocycles. The van der Waals surface area contributed by atoms with Gasteiger partial charge in [-0.05, 0) is 48.5 Å². The van der Waals surface area contributed by atoms with Crippen molar-refractivity contribution in [3.05, 3.63) is 72.8 Å². The minimum atomic E-state index is -4.67. The SMILES string of the molecule is NS(=O)(=O)c1ccc(O)c(N=Nc2c(Nc3ccccc3)ccc3c(O)cc(S(=O)(=O)O)cc23)c1. The molecule has 0 unspecified atom stereocenters. The van der Waals surface area contributed by atoms with Crippen LogP contribution >= 0.6 is 0 Å². The van der Waals surface area contributed by atoms with Crippen molar-refractivity contribution in [3.63, 3.8) is 0 Å². The Labute approximate surface area is 200 Å². The Hall–Kier alpha value is -4.04. The van der Waals surface area contributed by atoms with Gasteiger partial charge in [0.1, 0.15) is 22.9 Å². The van der Waals surface area contributed by atoms with Crippen molar-refractivity contribution in [2.24, 2.45) is 15.4 Å². The van der Waals surface area contributed by atoms with Gasteiger partial charge in [0, 0.05) is 22.5 Å². The first-order valence-electron chi connectivity index (χ1n) is 9.80. The summed E-state index contributed by atoms with van der Waals surface area (Å²) in [5.74, 6) is -0.822. The molecule has 0 amide bonds. The second-order valence-electron chi connectivity index (χ2n) is 7.36. The number of nitrogens with zero attached hydrogens (tertiary/aromatic N) is 2. The van der Waals surface area contributed by atoms with E-state index in [9.17, 15) is 31.6 Å². The van der Waals surface area contributed by atoms with E-state index in [0.717, 1.165) is 30.3 Å². The van der Waals surface area contributed by atoms with Crippen molar-refractivity contribution in [2.45, 2.75) is 9.79 Å². The zero-order valence-electron chi connectivity index (χ0n) is 17.7. The van der Waals surface area contributed by atoms with E-state index in [4.69, 9.17) is 5.14 Å². The highest BCUT2D eigenvalue weighted by Gasteiger charge is 2.18. The van der Waals surface area contributed by atoms with Gasteiger partial charge in [-0.2, -0.15) is 8.42 Å². The van der Waals surface area contributed by atoms with Gasteiger partial charge in [-0.3, -0.25) is 4.55 Å². The molecule has 0 aliphatic rings. The maximum atomic E-state index is 11.7. The lowest BCUT2D eigenvalue weighted by Crippen LogP contribution is -2.11. The number of rotatable bonds is 6. The molecule has 35 heavy (non-hydrogen) atoms. The molecule has 180 valence electrons. The fourth-order valence-electron chi connectivity index (χ4n) is 3.27. The number of fused-ring (bicyclic) bond motifs is 1. The van der Waals surface area contributed by atoms with Gasteiger partial charge in [-0.25, -0.2) is 13.6 Å². The quantitative estimate of drug-likeness (QED) is 0.186. The second kappa shape index (κ2) is 8.96. The monoisotopic (exact) mass is 514 g/mol. The van der Waals surface area contributed by atoms with E-state index in [1.165, 1.54) is 6.07 Å². The van der Waals surface area contributed by atoms with Gasteiger partial charge in [0.15, 0.2) is 0 Å². The summed E-state index contributed by atoms with van der Waals surface area (Å²) in [6.07, 6.45) is 0. The van der Waals surface area contributed by atoms with Gasteiger partial charge in [0.05, 0.1) is 15.5 Å². The van der Waals surface area contributed by atoms with Crippen LogP contribution in [-0.2, 0) is 20.1 Å². The summed E-state index contributed by atoms with van der Waals surface area (Å²) in [5.41, 5.74) is 0.792. The number of primary sulfonamides is 1. The van der Waals surface area contributed by atoms with Crippen LogP contribution in [0.5, 0.6) is 11.5 Å². The van der Waals surface area contributed by atoms with E-state index in [-0.39, 0.29) is 32.8 Å². The van der Waals surface area contributed by atoms with Gasteiger partial charge >= 0.3 is 0 Å². The topological polar surface area (TPSA) is 192 Å². The number of phenolic OH excluding ortho intramolecular Hbond substituents is 2. The lowest BCUT2D eigenvalue weighted by molar-refractivity contribution is 0.471. The number of azo groups is 1. The predicted octanol–water partition coefficient (Wildman–Crippen LogP) is 4.30. The summed E-state index contributed by atoms with van der Waals surface area (Å²) in [4.78, 5) is -0.883. The summed E-state index contributed by atoms with van der Waals surface area (Å²) in [6.45, 7) is 0. The molecule has 0 atom stereocenters. The third-order valence-electron chi connectivity index (χ3n) is 4.94. The fraction of sp³-hybridized carbons (Fsp3) is 0. The molecule has 0 heterocycles. The third kappa shape index (κ3) is 5.22. The molecular formula is C22H18N4O7S2. The van der Waals surface area contributed by atoms with Crippen LogP contribution < -0.4 is 10.5 Å². The number of hydrogen-bond donors (Lipinski definition) is 5. The molecule has 0 spiro atoms. The zero-order chi connectivity index (χ0) is 25.4. The molecule has 0 radical (unpaired) electrons. The van der Waals surface area contributed by atoms with Crippen molar-refractivity contribution in [1.29, 1.82) is 0 Å². The molecule has 4 rings (SSSR count). The molecule has 6 N–H and O–H groups in total. The lowest BCUT2D eigenvalue weighted by atomic mass is 10.1. The summed E-state index contributed by atoms with van der Waals surface area (Å²) in [5, 5.41) is 37.1. The number of benzene rings is 4. The Morgan fingerprint density at radius 1 is 0.743 bits per heavy atom. The summed E-state index contributed by atoms with van der Waals surface area (Å²) >= 11 is 0. The first-order chi connectivity index (χ1) is 16.4. The Balaban J connectivity index is 1.96. The van der Waals surface area contributed by atoms with Gasteiger partial charge < -0.3 is 15.5 Å². The standard InChI is InChI=1S/C22H18N4O7S2/c23-34(29,30)14-6-9-20(27)19(11-14)25-26-22-17-10-15(35(31,32)33)12-21(28)16(17)7-8-18(22)24-13-4-2-1-3-5-13/h1-12,24,27-28H,(H2,23,29,30)(H,31,32,33). The number of para-hydroxylation sites is 1. The van der Waals surface area contributed by atoms with Crippen LogP contribution in [-0.4, -0.2) is 31.6 Å². The van der Waals surface area contributed by atoms with Crippen LogP contribution in [0.2, 0.25) is 0 Å². The van der Waals surface area contributed by atoms with Gasteiger partial charge in [-0.1, -0.05) is 18.2 Å². The number of nitrogens with two attached hydrogens (primary N) is 1. The number of hydrogen-bond acceptors (Lipinski definition) is 9. The molecule has 0 bridgehead atoms. The van der Waals surface area contributed by atoms with E-state index in [2.05, 4.69) is 15.5 Å². The van der Waals surface area contributed by atoms with Gasteiger partial charge in [-0.15, -0.1) is 10.2 Å². The van der Waals surface area contributed by atoms with E-state index in [1.807, 2.05) is 6.07 Å². The Bertz CT molecular complexity index is 1690. The first-order valence-corrected chi connectivity index (χ1v) is 12.8. The Morgan fingerprint density at radius 3 is 2.11 bits per heavy atom. The maximum Gasteiger partial charge on any atom is 0.294 e. The number of aromatic hydroxyl groups is 2. The maximum absolute atomic E-state index is 11.7. The molecule has 0 fully saturated rings. The Kier molecular flexibility index (Phi) is 6.17. The summed E-state index contributed by atoms with van der Waals surface area (Å²) in [7, 11) is -8.76. The number of anilines is 2. The van der Waals surface area contributed by atoms with Crippen LogP contribution in [0.15, 0.2) is 92.8 Å². The zero-order valence-corrected chi connectivity index (χ0v) is 19.3. The van der Waals surface area contributed by atoms with Crippen molar-refractivity contribution in [2.75, 3.05) is 5.32 Å². The molecule has 0 saturated carbocycles. The molecule has 0 aromatic heterocycles. The third-order valence-corrected chi connectivity index (χ3v) is 6.68. The molecule has 0 aliphatic carbocycles. The molecule has 11 nitrogen and oxygen atoms in total. The normalized spacial score (nSPS) is 12.3. The van der Waals surface area contributed by atoms with E-state index >= 15 is 0 Å². The first kappa shape index (κ1) is 24.1. The average Bonchev–Trinajstić information content (AvgIpc) is 2.78. The minimum absolute atomic E-state index is 0.0348. The van der Waals surface area contributed by atoms with E-state index in [1.54, 1.807) is 30.3 Å². The highest BCUT2D eigenvalue weighted by molar-refractivity contribution is 7.89. The second-order valence-corrected chi connectivity index (χ2v) is 10.3. The van der Waals surface area contributed by atoms with Crippen molar-refractivity contribution >= 4 is 53.7 Å². The average molecular weight is 515 g/mol.